The van der Waals surface area contributed by atoms with E-state index in [4.69, 9.17) is 23.7 Å². The van der Waals surface area contributed by atoms with Gasteiger partial charge in [-0.25, -0.2) is 28.5 Å². The minimum Gasteiger partial charge on any atom is -0.497 e. The van der Waals surface area contributed by atoms with E-state index in [0.29, 0.717) is 56.4 Å². The van der Waals surface area contributed by atoms with Gasteiger partial charge in [-0.1, -0.05) is 76.0 Å². The smallest absolute Gasteiger partial charge is 0.408 e. The summed E-state index contributed by atoms with van der Waals surface area (Å²) in [6.07, 6.45) is 20.8. The van der Waals surface area contributed by atoms with Crippen LogP contribution >= 0.6 is 0 Å². The van der Waals surface area contributed by atoms with Crippen molar-refractivity contribution in [2.75, 3.05) is 125 Å². The maximum Gasteiger partial charge on any atom is 0.408 e. The first-order valence-electron chi connectivity index (χ1n) is 48.7. The van der Waals surface area contributed by atoms with Crippen molar-refractivity contribution in [3.05, 3.63) is 159 Å². The molecule has 35 heteroatoms. The number of amides is 8. The Labute approximate surface area is 810 Å². The van der Waals surface area contributed by atoms with E-state index in [-0.39, 0.29) is 46.5 Å². The van der Waals surface area contributed by atoms with E-state index in [9.17, 15) is 54.0 Å². The molecule has 19 rings (SSSR count). The van der Waals surface area contributed by atoms with Gasteiger partial charge in [-0.3, -0.25) is 14.4 Å². The summed E-state index contributed by atoms with van der Waals surface area (Å²) in [4.78, 5) is 86.1. The van der Waals surface area contributed by atoms with Gasteiger partial charge < -0.3 is 68.0 Å². The van der Waals surface area contributed by atoms with Crippen molar-refractivity contribution in [3.8, 4) is 51.0 Å². The van der Waals surface area contributed by atoms with Crippen molar-refractivity contribution in [3.63, 3.8) is 0 Å². The first-order chi connectivity index (χ1) is 65.6. The van der Waals surface area contributed by atoms with Gasteiger partial charge in [-0.2, -0.15) is 38.2 Å². The molecule has 138 heavy (non-hydrogen) atoms. The predicted octanol–water partition coefficient (Wildman–Crippen LogP) is 15.2. The molecule has 0 spiro atoms. The summed E-state index contributed by atoms with van der Waals surface area (Å²) in [5.74, 6) is 1.96. The molecular formula is C103H135N15O17S3. The zero-order valence-corrected chi connectivity index (χ0v) is 84.9. The molecule has 32 nitrogen and oxygen atoms in total. The van der Waals surface area contributed by atoms with Crippen molar-refractivity contribution >= 4 is 99.2 Å². The quantitative estimate of drug-likeness (QED) is 0.0346. The zero-order valence-electron chi connectivity index (χ0n) is 82.4. The van der Waals surface area contributed by atoms with Gasteiger partial charge in [-0.05, 0) is 254 Å². The monoisotopic (exact) mass is 1950 g/mol. The molecule has 6 atom stereocenters. The van der Waals surface area contributed by atoms with Gasteiger partial charge in [0, 0.05) is 193 Å². The molecule has 0 bridgehead atoms. The van der Waals surface area contributed by atoms with Crippen LogP contribution < -0.4 is 44.3 Å². The molecule has 7 heterocycles. The van der Waals surface area contributed by atoms with Crippen LogP contribution in [0.3, 0.4) is 0 Å². The number of carbonyl (C=O) groups is 6. The number of methoxy groups -OCH3 is 3. The lowest BCUT2D eigenvalue weighted by atomic mass is 9.81. The molecule has 6 saturated carbocycles. The summed E-state index contributed by atoms with van der Waals surface area (Å²) < 4.78 is 120. The Bertz CT molecular complexity index is 6610. The molecule has 4 aliphatic heterocycles. The van der Waals surface area contributed by atoms with Crippen LogP contribution in [0.15, 0.2) is 109 Å². The minimum atomic E-state index is -3.97. The van der Waals surface area contributed by atoms with Crippen molar-refractivity contribution in [2.24, 2.45) is 5.92 Å². The molecule has 6 unspecified atom stereocenters. The number of ether oxygens (including phenoxy) is 5. The van der Waals surface area contributed by atoms with E-state index in [0.717, 1.165) is 242 Å². The predicted molar refractivity (Wildman–Crippen MR) is 534 cm³/mol. The molecule has 3 aromatic heterocycles. The number of rotatable bonds is 23. The molecule has 6 aliphatic carbocycles. The van der Waals surface area contributed by atoms with Gasteiger partial charge in [-0.15, -0.1) is 0 Å². The van der Waals surface area contributed by atoms with E-state index >= 15 is 0 Å². The van der Waals surface area contributed by atoms with Crippen molar-refractivity contribution in [1.82, 2.24) is 71.4 Å². The summed E-state index contributed by atoms with van der Waals surface area (Å²) in [6.45, 7) is 10.6. The van der Waals surface area contributed by atoms with Gasteiger partial charge in [0.1, 0.15) is 22.8 Å². The van der Waals surface area contributed by atoms with Crippen LogP contribution in [0.25, 0.3) is 66.5 Å². The third-order valence-electron chi connectivity index (χ3n) is 30.4. The molecular weight excluding hydrogens is 1820 g/mol. The van der Waals surface area contributed by atoms with Crippen LogP contribution in [0.4, 0.5) is 14.4 Å². The number of urea groups is 2. The van der Waals surface area contributed by atoms with Gasteiger partial charge in [0.05, 0.1) is 55.0 Å². The average Bonchev–Trinajstić information content (AvgIpc) is 1.53. The summed E-state index contributed by atoms with van der Waals surface area (Å²) in [5.41, 5.74) is 15.0. The van der Waals surface area contributed by atoms with E-state index < -0.39 is 76.7 Å². The molecule has 8 amide bonds. The molecule has 6 N–H and O–H groups in total. The first kappa shape index (κ1) is 98.8. The summed E-state index contributed by atoms with van der Waals surface area (Å²) in [6, 6.07) is 35.0. The van der Waals surface area contributed by atoms with Gasteiger partial charge in [0.15, 0.2) is 0 Å². The highest BCUT2D eigenvalue weighted by atomic mass is 32.2. The lowest BCUT2D eigenvalue weighted by Gasteiger charge is -2.29. The number of benzene rings is 6. The number of fused-ring (bicyclic) bond motifs is 21. The Morgan fingerprint density at radius 3 is 1.03 bits per heavy atom. The van der Waals surface area contributed by atoms with Crippen LogP contribution in [0.1, 0.15) is 249 Å². The number of hydrogen-bond donors (Lipinski definition) is 6. The standard InChI is InChI=1S/C36H47N5O6S.C34H46N6O5S.C33H42N4O6S/c1-39(2)48(44,45)38-34(42)25-10-12-28-31(18-25)41-22-36(37-35(43)40(3)21-23-14-16-47-17-15-23)20-30(36)29-19-26(46-4)11-13-27(29)33(41)32(28)24-8-6-5-7-9-24;1-37(2)16-17-39(5)33(42)35-34-20-28(34)27-19-24(45-6)13-15-25(27)31-30(22-10-8-7-9-11-22)26-14-12-23(18-29(26)40(31)21-34)32(41)36-46(43,44)38(3)4;1-32(2,3)43-31(39)34-33-18-26(33)25-17-22(42-6)13-15-23(25)29-28(20-10-8-7-9-11-20)24-14-12-21(16-27(24)37(29)19-33)30(38)35-44(40,41)36(4)5/h10-13,18-19,23-24,30H,5-9,14-17,20-22H2,1-4H3,(H,37,43)(H,38,42);12-15,18-19,22,28H,7-11,16-17,20-21H2,1-6H3,(H,35,42)(H,36,41);12-17,20,26H,7-11,18-19H2,1-6H3,(H,34,39)(H,35,38). The van der Waals surface area contributed by atoms with Crippen LogP contribution in [-0.2, 0) is 59.7 Å². The van der Waals surface area contributed by atoms with Crippen LogP contribution in [0.5, 0.6) is 17.2 Å². The normalized spacial score (nSPS) is 21.8. The largest absolute Gasteiger partial charge is 0.497 e. The second kappa shape index (κ2) is 38.7. The second-order valence-electron chi connectivity index (χ2n) is 41.6. The van der Waals surface area contributed by atoms with Crippen LogP contribution in [0, 0.1) is 5.92 Å². The number of hydrogen-bond acceptors (Lipinski definition) is 18. The van der Waals surface area contributed by atoms with E-state index in [2.05, 4.69) is 85.1 Å². The summed E-state index contributed by atoms with van der Waals surface area (Å²) in [5, 5.41) is 13.3. The van der Waals surface area contributed by atoms with Crippen molar-refractivity contribution in [1.29, 1.82) is 0 Å². The van der Waals surface area contributed by atoms with Gasteiger partial charge in [0.2, 0.25) is 0 Å². The Morgan fingerprint density at radius 2 is 0.725 bits per heavy atom. The third-order valence-corrected chi connectivity index (χ3v) is 34.6. The van der Waals surface area contributed by atoms with E-state index in [1.807, 2.05) is 102 Å². The van der Waals surface area contributed by atoms with E-state index in [1.54, 1.807) is 50.5 Å². The third kappa shape index (κ3) is 19.7. The highest BCUT2D eigenvalue weighted by molar-refractivity contribution is 7.88. The molecule has 742 valence electrons. The number of alkyl carbamates (subject to hydrolysis) is 1. The number of carbonyl (C=O) groups excluding carboxylic acids is 6. The Kier molecular flexibility index (Phi) is 27.7. The molecule has 10 aliphatic rings. The highest BCUT2D eigenvalue weighted by Crippen LogP contribution is 2.64. The van der Waals surface area contributed by atoms with Crippen LogP contribution in [0.2, 0.25) is 0 Å². The van der Waals surface area contributed by atoms with Gasteiger partial charge in [0.25, 0.3) is 17.7 Å². The molecule has 1 saturated heterocycles. The number of likely N-dealkylation sites (N-methyl/N-ethyl adjacent to an activating group) is 2. The maximum absolute atomic E-state index is 13.9. The first-order valence-corrected chi connectivity index (χ1v) is 53.0. The zero-order chi connectivity index (χ0) is 98.4. The fraction of sp³-hybridized carbons (Fsp3) is 0.534. The Hall–Kier alpha value is -10.8. The summed E-state index contributed by atoms with van der Waals surface area (Å²) >= 11 is 0. The van der Waals surface area contributed by atoms with Crippen molar-refractivity contribution in [2.45, 2.75) is 227 Å². The second-order valence-corrected chi connectivity index (χ2v) is 47.3. The molecule has 7 fully saturated rings. The molecule has 0 radical (unpaired) electrons. The fourth-order valence-electron chi connectivity index (χ4n) is 22.7. The van der Waals surface area contributed by atoms with Crippen molar-refractivity contribution < 1.29 is 77.7 Å². The fourth-order valence-corrected chi connectivity index (χ4v) is 24.3. The number of nitrogens with one attached hydrogen (secondary N) is 6. The SMILES string of the molecule is COc1ccc2c(c1)C1CC1(NC(=O)N(C)CC1CCOCC1)Cn1c-2c(C2CCCCC2)c2ccc(C(=O)NS(=O)(=O)N(C)C)cc21.COc1ccc2c(c1)C1CC1(NC(=O)N(C)CCN(C)C)Cn1c-2c(C2CCCCC2)c2ccc(C(=O)NS(=O)(=O)N(C)C)cc21.COc1ccc2c(c1)C1CC1(NC(=O)OC(C)(C)C)Cn1c-2c(C2CCCCC2)c2ccc(C(=O)NS(=O)(=O)N(C)C)cc21. The Morgan fingerprint density at radius 1 is 0.406 bits per heavy atom. The number of aromatic nitrogens is 3. The topological polar surface area (TPSA) is 357 Å². The highest BCUT2D eigenvalue weighted by Gasteiger charge is 2.62. The molecule has 6 aromatic carbocycles. The average molecular weight is 1950 g/mol. The maximum atomic E-state index is 13.9. The van der Waals surface area contributed by atoms with Crippen LogP contribution in [-0.4, -0.2) is 249 Å². The van der Waals surface area contributed by atoms with Gasteiger partial charge >= 0.3 is 48.8 Å². The molecule has 9 aromatic rings. The Balaban J connectivity index is 0.000000143. The summed E-state index contributed by atoms with van der Waals surface area (Å²) in [7, 11) is 9.06. The number of nitrogens with zero attached hydrogens (tertiary/aromatic N) is 9. The minimum absolute atomic E-state index is 0.0472. The lowest BCUT2D eigenvalue weighted by molar-refractivity contribution is 0.0488. The van der Waals surface area contributed by atoms with E-state index in [1.165, 1.54) is 78.2 Å². The lowest BCUT2D eigenvalue weighted by Crippen LogP contribution is -2.48.